The molecular formula is C11H15NO. The summed E-state index contributed by atoms with van der Waals surface area (Å²) in [6.07, 6.45) is 3.87. The highest BCUT2D eigenvalue weighted by Crippen LogP contribution is 2.33. The summed E-state index contributed by atoms with van der Waals surface area (Å²) in [7, 11) is 0. The van der Waals surface area contributed by atoms with Crippen molar-refractivity contribution in [3.63, 3.8) is 0 Å². The van der Waals surface area contributed by atoms with Gasteiger partial charge in [0.1, 0.15) is 5.75 Å². The standard InChI is InChI=1S/C11H15NO/c12-7-10-6-9(3-4-11(10)13)5-8-1-2-8/h3-4,6,8,13H,1-2,5,7,12H2. The molecule has 0 aliphatic heterocycles. The lowest BCUT2D eigenvalue weighted by Gasteiger charge is -2.04. The van der Waals surface area contributed by atoms with Crippen LogP contribution in [0.5, 0.6) is 5.75 Å². The fourth-order valence-corrected chi connectivity index (χ4v) is 1.58. The van der Waals surface area contributed by atoms with Crippen molar-refractivity contribution in [2.75, 3.05) is 0 Å². The van der Waals surface area contributed by atoms with Gasteiger partial charge in [0.2, 0.25) is 0 Å². The highest BCUT2D eigenvalue weighted by atomic mass is 16.3. The maximum atomic E-state index is 9.40. The molecule has 70 valence electrons. The van der Waals surface area contributed by atoms with Crippen LogP contribution in [0, 0.1) is 5.92 Å². The lowest BCUT2D eigenvalue weighted by molar-refractivity contribution is 0.468. The maximum absolute atomic E-state index is 9.40. The summed E-state index contributed by atoms with van der Waals surface area (Å²) in [6.45, 7) is 0.421. The molecular weight excluding hydrogens is 162 g/mol. The number of aromatic hydroxyl groups is 1. The van der Waals surface area contributed by atoms with Crippen LogP contribution in [0.25, 0.3) is 0 Å². The molecule has 0 amide bonds. The van der Waals surface area contributed by atoms with Gasteiger partial charge in [-0.1, -0.05) is 12.1 Å². The topological polar surface area (TPSA) is 46.2 Å². The van der Waals surface area contributed by atoms with Crippen LogP contribution < -0.4 is 5.73 Å². The Morgan fingerprint density at radius 2 is 2.15 bits per heavy atom. The zero-order chi connectivity index (χ0) is 9.26. The number of benzene rings is 1. The van der Waals surface area contributed by atoms with Gasteiger partial charge in [0, 0.05) is 12.1 Å². The van der Waals surface area contributed by atoms with E-state index < -0.39 is 0 Å². The Bertz CT molecular complexity index is 305. The Hall–Kier alpha value is -1.02. The fraction of sp³-hybridized carbons (Fsp3) is 0.455. The van der Waals surface area contributed by atoms with Crippen LogP contribution in [-0.4, -0.2) is 5.11 Å². The molecule has 13 heavy (non-hydrogen) atoms. The Morgan fingerprint density at radius 3 is 2.77 bits per heavy atom. The molecule has 2 heteroatoms. The lowest BCUT2D eigenvalue weighted by Crippen LogP contribution is -1.98. The van der Waals surface area contributed by atoms with E-state index in [2.05, 4.69) is 0 Å². The van der Waals surface area contributed by atoms with E-state index in [1.54, 1.807) is 6.07 Å². The lowest BCUT2D eigenvalue weighted by atomic mass is 10.0. The molecule has 1 aromatic carbocycles. The molecule has 1 aliphatic carbocycles. The molecule has 0 spiro atoms. The van der Waals surface area contributed by atoms with Gasteiger partial charge in [-0.25, -0.2) is 0 Å². The first-order chi connectivity index (χ1) is 6.29. The summed E-state index contributed by atoms with van der Waals surface area (Å²) in [5.74, 6) is 1.21. The van der Waals surface area contributed by atoms with E-state index in [0.29, 0.717) is 12.3 Å². The molecule has 1 saturated carbocycles. The first kappa shape index (κ1) is 8.57. The van der Waals surface area contributed by atoms with Crippen LogP contribution in [0.1, 0.15) is 24.0 Å². The maximum Gasteiger partial charge on any atom is 0.120 e. The molecule has 3 N–H and O–H groups in total. The van der Waals surface area contributed by atoms with Gasteiger partial charge in [0.05, 0.1) is 0 Å². The highest BCUT2D eigenvalue weighted by Gasteiger charge is 2.21. The Balaban J connectivity index is 2.16. The largest absolute Gasteiger partial charge is 0.508 e. The Labute approximate surface area is 78.4 Å². The molecule has 0 heterocycles. The van der Waals surface area contributed by atoms with Gasteiger partial charge >= 0.3 is 0 Å². The average Bonchev–Trinajstić information content (AvgIpc) is 2.92. The second kappa shape index (κ2) is 3.38. The second-order valence-corrected chi connectivity index (χ2v) is 3.81. The van der Waals surface area contributed by atoms with E-state index in [-0.39, 0.29) is 0 Å². The summed E-state index contributed by atoms with van der Waals surface area (Å²) >= 11 is 0. The van der Waals surface area contributed by atoms with Crippen molar-refractivity contribution in [1.82, 2.24) is 0 Å². The Kier molecular flexibility index (Phi) is 2.23. The third-order valence-electron chi connectivity index (χ3n) is 2.59. The minimum Gasteiger partial charge on any atom is -0.508 e. The van der Waals surface area contributed by atoms with E-state index in [4.69, 9.17) is 5.73 Å². The molecule has 2 nitrogen and oxygen atoms in total. The molecule has 2 rings (SSSR count). The third-order valence-corrected chi connectivity index (χ3v) is 2.59. The van der Waals surface area contributed by atoms with Gasteiger partial charge in [-0.15, -0.1) is 0 Å². The van der Waals surface area contributed by atoms with Crippen LogP contribution in [0.3, 0.4) is 0 Å². The van der Waals surface area contributed by atoms with Gasteiger partial charge in [-0.3, -0.25) is 0 Å². The van der Waals surface area contributed by atoms with Crippen LogP contribution in [-0.2, 0) is 13.0 Å². The molecule has 0 aromatic heterocycles. The molecule has 1 fully saturated rings. The molecule has 0 bridgehead atoms. The molecule has 0 radical (unpaired) electrons. The van der Waals surface area contributed by atoms with Crippen molar-refractivity contribution in [2.24, 2.45) is 11.7 Å². The van der Waals surface area contributed by atoms with Gasteiger partial charge in [0.25, 0.3) is 0 Å². The second-order valence-electron chi connectivity index (χ2n) is 3.81. The van der Waals surface area contributed by atoms with Gasteiger partial charge in [-0.2, -0.15) is 0 Å². The van der Waals surface area contributed by atoms with E-state index in [1.807, 2.05) is 12.1 Å². The fourth-order valence-electron chi connectivity index (χ4n) is 1.58. The summed E-state index contributed by atoms with van der Waals surface area (Å²) in [4.78, 5) is 0. The number of phenolic OH excluding ortho intramolecular Hbond substituents is 1. The van der Waals surface area contributed by atoms with Crippen molar-refractivity contribution < 1.29 is 5.11 Å². The molecule has 1 aromatic rings. The summed E-state index contributed by atoms with van der Waals surface area (Å²) < 4.78 is 0. The summed E-state index contributed by atoms with van der Waals surface area (Å²) in [5.41, 5.74) is 7.67. The quantitative estimate of drug-likeness (QED) is 0.739. The van der Waals surface area contributed by atoms with Crippen molar-refractivity contribution >= 4 is 0 Å². The third kappa shape index (κ3) is 2.01. The summed E-state index contributed by atoms with van der Waals surface area (Å²) in [5, 5.41) is 9.40. The van der Waals surface area contributed by atoms with Crippen LogP contribution >= 0.6 is 0 Å². The van der Waals surface area contributed by atoms with E-state index >= 15 is 0 Å². The van der Waals surface area contributed by atoms with Gasteiger partial charge < -0.3 is 10.8 Å². The SMILES string of the molecule is NCc1cc(CC2CC2)ccc1O. The number of rotatable bonds is 3. The summed E-state index contributed by atoms with van der Waals surface area (Å²) in [6, 6.07) is 5.76. The molecule has 0 unspecified atom stereocenters. The van der Waals surface area contributed by atoms with Crippen molar-refractivity contribution in [1.29, 1.82) is 0 Å². The Morgan fingerprint density at radius 1 is 1.38 bits per heavy atom. The zero-order valence-electron chi connectivity index (χ0n) is 7.66. The predicted octanol–water partition coefficient (Wildman–Crippen LogP) is 1.80. The molecule has 0 atom stereocenters. The minimum atomic E-state index is 0.321. The molecule has 1 aliphatic rings. The van der Waals surface area contributed by atoms with E-state index in [0.717, 1.165) is 17.9 Å². The highest BCUT2D eigenvalue weighted by molar-refractivity contribution is 5.36. The van der Waals surface area contributed by atoms with E-state index in [1.165, 1.54) is 18.4 Å². The number of hydrogen-bond acceptors (Lipinski definition) is 2. The van der Waals surface area contributed by atoms with Crippen LogP contribution in [0.4, 0.5) is 0 Å². The first-order valence-corrected chi connectivity index (χ1v) is 4.80. The average molecular weight is 177 g/mol. The molecule has 0 saturated heterocycles. The first-order valence-electron chi connectivity index (χ1n) is 4.80. The smallest absolute Gasteiger partial charge is 0.120 e. The number of hydrogen-bond donors (Lipinski definition) is 2. The number of phenols is 1. The predicted molar refractivity (Wildman–Crippen MR) is 52.4 cm³/mol. The monoisotopic (exact) mass is 177 g/mol. The van der Waals surface area contributed by atoms with E-state index in [9.17, 15) is 5.11 Å². The van der Waals surface area contributed by atoms with Crippen LogP contribution in [0.15, 0.2) is 18.2 Å². The van der Waals surface area contributed by atoms with Crippen molar-refractivity contribution in [2.45, 2.75) is 25.8 Å². The normalized spacial score (nSPS) is 16.1. The van der Waals surface area contributed by atoms with Crippen LogP contribution in [0.2, 0.25) is 0 Å². The minimum absolute atomic E-state index is 0.321. The van der Waals surface area contributed by atoms with Gasteiger partial charge in [0.15, 0.2) is 0 Å². The van der Waals surface area contributed by atoms with Crippen molar-refractivity contribution in [3.8, 4) is 5.75 Å². The van der Waals surface area contributed by atoms with Crippen molar-refractivity contribution in [3.05, 3.63) is 29.3 Å². The zero-order valence-corrected chi connectivity index (χ0v) is 7.66. The number of nitrogens with two attached hydrogens (primary N) is 1. The van der Waals surface area contributed by atoms with Gasteiger partial charge in [-0.05, 0) is 36.8 Å².